The zero-order valence-electron chi connectivity index (χ0n) is 10.8. The summed E-state index contributed by atoms with van der Waals surface area (Å²) in [5.41, 5.74) is 9.92. The van der Waals surface area contributed by atoms with Crippen LogP contribution < -0.4 is 5.73 Å². The van der Waals surface area contributed by atoms with Gasteiger partial charge in [0.1, 0.15) is 0 Å². The summed E-state index contributed by atoms with van der Waals surface area (Å²) < 4.78 is 0. The first kappa shape index (κ1) is 11.3. The van der Waals surface area contributed by atoms with E-state index in [1.165, 1.54) is 49.7 Å². The zero-order chi connectivity index (χ0) is 11.9. The summed E-state index contributed by atoms with van der Waals surface area (Å²) in [4.78, 5) is 0. The Hall–Kier alpha value is -0.820. The third kappa shape index (κ3) is 1.72. The molecule has 2 saturated carbocycles. The fourth-order valence-electron chi connectivity index (χ4n) is 4.30. The van der Waals surface area contributed by atoms with E-state index >= 15 is 0 Å². The fourth-order valence-corrected chi connectivity index (χ4v) is 4.30. The minimum Gasteiger partial charge on any atom is -0.330 e. The monoisotopic (exact) mass is 229 g/mol. The van der Waals surface area contributed by atoms with E-state index in [2.05, 4.69) is 31.2 Å². The Kier molecular flexibility index (Phi) is 2.55. The predicted molar refractivity (Wildman–Crippen MR) is 72.0 cm³/mol. The van der Waals surface area contributed by atoms with Gasteiger partial charge in [0.2, 0.25) is 0 Å². The van der Waals surface area contributed by atoms with Gasteiger partial charge in [0, 0.05) is 12.0 Å². The van der Waals surface area contributed by atoms with Crippen LogP contribution in [0, 0.1) is 12.3 Å². The van der Waals surface area contributed by atoms with Crippen LogP contribution in [0.2, 0.25) is 0 Å². The summed E-state index contributed by atoms with van der Waals surface area (Å²) in [5, 5.41) is 0. The number of hydrogen-bond donors (Lipinski definition) is 1. The second kappa shape index (κ2) is 3.84. The summed E-state index contributed by atoms with van der Waals surface area (Å²) in [5.74, 6) is 0. The van der Waals surface area contributed by atoms with Crippen LogP contribution in [0.4, 0.5) is 0 Å². The lowest BCUT2D eigenvalue weighted by Gasteiger charge is -2.55. The van der Waals surface area contributed by atoms with E-state index in [-0.39, 0.29) is 0 Å². The number of benzene rings is 1. The molecule has 0 saturated heterocycles. The first-order chi connectivity index (χ1) is 8.18. The molecule has 2 aliphatic rings. The molecule has 0 radical (unpaired) electrons. The number of nitrogens with two attached hydrogens (primary N) is 1. The SMILES string of the molecule is Cc1cccc(C2(CN)CC3(CCCC3)C2)c1. The van der Waals surface area contributed by atoms with Crippen molar-refractivity contribution in [1.29, 1.82) is 0 Å². The van der Waals surface area contributed by atoms with Crippen molar-refractivity contribution in [2.75, 3.05) is 6.54 Å². The van der Waals surface area contributed by atoms with Crippen LogP contribution in [-0.4, -0.2) is 6.54 Å². The van der Waals surface area contributed by atoms with Crippen LogP contribution in [0.1, 0.15) is 49.7 Å². The van der Waals surface area contributed by atoms with Crippen LogP contribution in [0.5, 0.6) is 0 Å². The van der Waals surface area contributed by atoms with Gasteiger partial charge in [-0.2, -0.15) is 0 Å². The van der Waals surface area contributed by atoms with Gasteiger partial charge in [0.25, 0.3) is 0 Å². The smallest absolute Gasteiger partial charge is 0.00862 e. The first-order valence-electron chi connectivity index (χ1n) is 6.95. The Morgan fingerprint density at radius 1 is 1.18 bits per heavy atom. The van der Waals surface area contributed by atoms with E-state index in [0.29, 0.717) is 10.8 Å². The predicted octanol–water partition coefficient (Wildman–Crippen LogP) is 3.55. The Bertz CT molecular complexity index is 407. The molecule has 0 aromatic heterocycles. The molecule has 0 aliphatic heterocycles. The van der Waals surface area contributed by atoms with Gasteiger partial charge in [-0.25, -0.2) is 0 Å². The summed E-state index contributed by atoms with van der Waals surface area (Å²) in [6.45, 7) is 3.00. The lowest BCUT2D eigenvalue weighted by Crippen LogP contribution is -2.52. The molecule has 0 bridgehead atoms. The average molecular weight is 229 g/mol. The number of hydrogen-bond acceptors (Lipinski definition) is 1. The van der Waals surface area contributed by atoms with Crippen LogP contribution in [0.3, 0.4) is 0 Å². The van der Waals surface area contributed by atoms with Gasteiger partial charge in [0.05, 0.1) is 0 Å². The highest BCUT2D eigenvalue weighted by Crippen LogP contribution is 2.62. The molecule has 0 atom stereocenters. The van der Waals surface area contributed by atoms with Crippen molar-refractivity contribution in [2.45, 2.75) is 50.9 Å². The Labute approximate surface area is 104 Å². The molecule has 3 rings (SSSR count). The van der Waals surface area contributed by atoms with Gasteiger partial charge in [-0.15, -0.1) is 0 Å². The molecule has 17 heavy (non-hydrogen) atoms. The third-order valence-corrected chi connectivity index (χ3v) is 5.11. The van der Waals surface area contributed by atoms with Crippen molar-refractivity contribution < 1.29 is 0 Å². The Morgan fingerprint density at radius 2 is 1.88 bits per heavy atom. The van der Waals surface area contributed by atoms with Crippen molar-refractivity contribution in [3.05, 3.63) is 35.4 Å². The molecule has 0 amide bonds. The van der Waals surface area contributed by atoms with Crippen molar-refractivity contribution in [3.8, 4) is 0 Å². The van der Waals surface area contributed by atoms with Crippen molar-refractivity contribution in [2.24, 2.45) is 11.1 Å². The standard InChI is InChI=1S/C16H23N/c1-13-5-4-6-14(9-13)16(12-17)10-15(11-16)7-2-3-8-15/h4-6,9H,2-3,7-8,10-12,17H2,1H3. The fraction of sp³-hybridized carbons (Fsp3) is 0.625. The minimum atomic E-state index is 0.302. The molecule has 2 N–H and O–H groups in total. The average Bonchev–Trinajstić information content (AvgIpc) is 2.75. The van der Waals surface area contributed by atoms with Gasteiger partial charge in [-0.3, -0.25) is 0 Å². The first-order valence-corrected chi connectivity index (χ1v) is 6.95. The molecular formula is C16H23N. The van der Waals surface area contributed by atoms with Gasteiger partial charge in [-0.1, -0.05) is 42.7 Å². The van der Waals surface area contributed by atoms with Crippen LogP contribution in [0.25, 0.3) is 0 Å². The van der Waals surface area contributed by atoms with Crippen molar-refractivity contribution in [3.63, 3.8) is 0 Å². The molecule has 1 nitrogen and oxygen atoms in total. The van der Waals surface area contributed by atoms with Crippen molar-refractivity contribution in [1.82, 2.24) is 0 Å². The molecule has 1 aromatic rings. The van der Waals surface area contributed by atoms with Gasteiger partial charge < -0.3 is 5.73 Å². The molecular weight excluding hydrogens is 206 g/mol. The molecule has 92 valence electrons. The highest BCUT2D eigenvalue weighted by molar-refractivity contribution is 5.34. The number of aryl methyl sites for hydroxylation is 1. The number of rotatable bonds is 2. The maximum absolute atomic E-state index is 6.10. The molecule has 1 aromatic carbocycles. The quantitative estimate of drug-likeness (QED) is 0.824. The van der Waals surface area contributed by atoms with Crippen LogP contribution >= 0.6 is 0 Å². The molecule has 2 aliphatic carbocycles. The van der Waals surface area contributed by atoms with Crippen molar-refractivity contribution >= 4 is 0 Å². The summed E-state index contributed by atoms with van der Waals surface area (Å²) in [6, 6.07) is 8.98. The van der Waals surface area contributed by atoms with Crippen LogP contribution in [-0.2, 0) is 5.41 Å². The molecule has 0 heterocycles. The summed E-state index contributed by atoms with van der Waals surface area (Å²) in [7, 11) is 0. The lowest BCUT2D eigenvalue weighted by molar-refractivity contribution is 0.0328. The van der Waals surface area contributed by atoms with E-state index in [1.54, 1.807) is 0 Å². The van der Waals surface area contributed by atoms with E-state index in [0.717, 1.165) is 6.54 Å². The molecule has 2 fully saturated rings. The highest BCUT2D eigenvalue weighted by Gasteiger charge is 2.54. The maximum Gasteiger partial charge on any atom is 0.00862 e. The lowest BCUT2D eigenvalue weighted by atomic mass is 9.49. The van der Waals surface area contributed by atoms with Gasteiger partial charge in [0.15, 0.2) is 0 Å². The highest BCUT2D eigenvalue weighted by atomic mass is 14.7. The van der Waals surface area contributed by atoms with Crippen LogP contribution in [0.15, 0.2) is 24.3 Å². The largest absolute Gasteiger partial charge is 0.330 e. The maximum atomic E-state index is 6.10. The molecule has 0 unspecified atom stereocenters. The molecule has 1 heteroatoms. The third-order valence-electron chi connectivity index (χ3n) is 5.11. The zero-order valence-corrected chi connectivity index (χ0v) is 10.8. The van der Waals surface area contributed by atoms with E-state index in [1.807, 2.05) is 0 Å². The Morgan fingerprint density at radius 3 is 2.47 bits per heavy atom. The van der Waals surface area contributed by atoms with Gasteiger partial charge in [-0.05, 0) is 43.6 Å². The van der Waals surface area contributed by atoms with Gasteiger partial charge >= 0.3 is 0 Å². The van der Waals surface area contributed by atoms with E-state index in [9.17, 15) is 0 Å². The second-order valence-electron chi connectivity index (χ2n) is 6.41. The molecule has 1 spiro atoms. The summed E-state index contributed by atoms with van der Waals surface area (Å²) in [6.07, 6.45) is 8.43. The normalized spacial score (nSPS) is 24.8. The summed E-state index contributed by atoms with van der Waals surface area (Å²) >= 11 is 0. The second-order valence-corrected chi connectivity index (χ2v) is 6.41. The Balaban J connectivity index is 1.85. The van der Waals surface area contributed by atoms with E-state index < -0.39 is 0 Å². The van der Waals surface area contributed by atoms with E-state index in [4.69, 9.17) is 5.73 Å². The minimum absolute atomic E-state index is 0.302. The topological polar surface area (TPSA) is 26.0 Å².